The molecule has 1 aromatic carbocycles. The van der Waals surface area contributed by atoms with Gasteiger partial charge in [0.1, 0.15) is 5.82 Å². The minimum absolute atomic E-state index is 0.167. The maximum absolute atomic E-state index is 13.5. The van der Waals surface area contributed by atoms with E-state index in [2.05, 4.69) is 5.10 Å². The quantitative estimate of drug-likeness (QED) is 0.788. The predicted molar refractivity (Wildman–Crippen MR) is 93.5 cm³/mol. The van der Waals surface area contributed by atoms with Gasteiger partial charge in [0.15, 0.2) is 0 Å². The number of carbonyl (C=O) groups is 2. The summed E-state index contributed by atoms with van der Waals surface area (Å²) in [6.45, 7) is 4.83. The zero-order valence-corrected chi connectivity index (χ0v) is 14.9. The number of ether oxygens (including phenoxy) is 1. The van der Waals surface area contributed by atoms with Gasteiger partial charge in [-0.15, -0.1) is 0 Å². The Morgan fingerprint density at radius 1 is 1.38 bits per heavy atom. The molecule has 1 amide bonds. The number of halogens is 1. The van der Waals surface area contributed by atoms with Crippen LogP contribution in [0, 0.1) is 18.7 Å². The summed E-state index contributed by atoms with van der Waals surface area (Å²) in [5.41, 5.74) is 1.65. The van der Waals surface area contributed by atoms with E-state index in [1.54, 1.807) is 35.6 Å². The topological polar surface area (TPSA) is 64.4 Å². The molecule has 2 heterocycles. The first-order chi connectivity index (χ1) is 12.5. The van der Waals surface area contributed by atoms with Crippen LogP contribution in [0.3, 0.4) is 0 Å². The minimum Gasteiger partial charge on any atom is -0.466 e. The summed E-state index contributed by atoms with van der Waals surface area (Å²) in [6.07, 6.45) is 2.98. The Balaban J connectivity index is 1.79. The smallest absolute Gasteiger partial charge is 0.310 e. The summed E-state index contributed by atoms with van der Waals surface area (Å²) in [4.78, 5) is 26.6. The lowest BCUT2D eigenvalue weighted by Gasteiger charge is -2.31. The molecule has 1 saturated heterocycles. The Morgan fingerprint density at radius 3 is 2.92 bits per heavy atom. The molecule has 0 aliphatic carbocycles. The number of likely N-dealkylation sites (tertiary alicyclic amines) is 1. The van der Waals surface area contributed by atoms with Gasteiger partial charge in [0.2, 0.25) is 0 Å². The van der Waals surface area contributed by atoms with Crippen molar-refractivity contribution < 1.29 is 18.7 Å². The molecule has 2 aromatic rings. The summed E-state index contributed by atoms with van der Waals surface area (Å²) in [5.74, 6) is -1.07. The summed E-state index contributed by atoms with van der Waals surface area (Å²) in [6, 6.07) is 6.06. The number of esters is 1. The van der Waals surface area contributed by atoms with E-state index in [0.29, 0.717) is 36.6 Å². The summed E-state index contributed by atoms with van der Waals surface area (Å²) in [5, 5.41) is 4.24. The van der Waals surface area contributed by atoms with E-state index >= 15 is 0 Å². The van der Waals surface area contributed by atoms with Gasteiger partial charge in [0.05, 0.1) is 35.7 Å². The Kier molecular flexibility index (Phi) is 5.35. The highest BCUT2D eigenvalue weighted by molar-refractivity contribution is 5.95. The van der Waals surface area contributed by atoms with Crippen molar-refractivity contribution in [2.45, 2.75) is 26.7 Å². The molecule has 0 spiro atoms. The fourth-order valence-electron chi connectivity index (χ4n) is 3.27. The summed E-state index contributed by atoms with van der Waals surface area (Å²) in [7, 11) is 0. The molecule has 6 nitrogen and oxygen atoms in total. The van der Waals surface area contributed by atoms with Gasteiger partial charge in [0, 0.05) is 13.1 Å². The standard InChI is InChI=1S/C19H22FN3O3/c1-3-26-19(25)14-6-5-9-22(12-14)18(24)17-11-21-23(13(17)2)16-8-4-7-15(20)10-16/h4,7-8,10-11,14H,3,5-6,9,12H2,1-2H3. The maximum atomic E-state index is 13.5. The van der Waals surface area contributed by atoms with Crippen molar-refractivity contribution in [3.8, 4) is 5.69 Å². The number of hydrogen-bond donors (Lipinski definition) is 0. The van der Waals surface area contributed by atoms with Crippen LogP contribution in [0.2, 0.25) is 0 Å². The van der Waals surface area contributed by atoms with Crippen LogP contribution in [0.15, 0.2) is 30.5 Å². The van der Waals surface area contributed by atoms with Gasteiger partial charge < -0.3 is 9.64 Å². The molecule has 1 aromatic heterocycles. The molecule has 0 radical (unpaired) electrons. The van der Waals surface area contributed by atoms with Crippen molar-refractivity contribution in [3.63, 3.8) is 0 Å². The van der Waals surface area contributed by atoms with Crippen molar-refractivity contribution >= 4 is 11.9 Å². The van der Waals surface area contributed by atoms with Crippen molar-refractivity contribution in [1.82, 2.24) is 14.7 Å². The van der Waals surface area contributed by atoms with Crippen LogP contribution in [-0.2, 0) is 9.53 Å². The zero-order chi connectivity index (χ0) is 18.7. The Hall–Kier alpha value is -2.70. The van der Waals surface area contributed by atoms with Gasteiger partial charge in [-0.2, -0.15) is 5.10 Å². The van der Waals surface area contributed by atoms with Crippen LogP contribution in [0.1, 0.15) is 35.8 Å². The predicted octanol–water partition coefficient (Wildman–Crippen LogP) is 2.74. The molecule has 3 rings (SSSR count). The van der Waals surface area contributed by atoms with Gasteiger partial charge in [-0.25, -0.2) is 9.07 Å². The highest BCUT2D eigenvalue weighted by atomic mass is 19.1. The number of amides is 1. The lowest BCUT2D eigenvalue weighted by molar-refractivity contribution is -0.149. The number of aromatic nitrogens is 2. The van der Waals surface area contributed by atoms with Crippen LogP contribution in [0.4, 0.5) is 4.39 Å². The second-order valence-corrected chi connectivity index (χ2v) is 6.38. The van der Waals surface area contributed by atoms with Crippen LogP contribution >= 0.6 is 0 Å². The van der Waals surface area contributed by atoms with Crippen molar-refractivity contribution in [2.24, 2.45) is 5.92 Å². The monoisotopic (exact) mass is 359 g/mol. The zero-order valence-electron chi connectivity index (χ0n) is 14.9. The van der Waals surface area contributed by atoms with E-state index in [1.165, 1.54) is 18.3 Å². The van der Waals surface area contributed by atoms with Crippen molar-refractivity contribution in [2.75, 3.05) is 19.7 Å². The van der Waals surface area contributed by atoms with E-state index < -0.39 is 0 Å². The molecule has 7 heteroatoms. The molecule has 1 unspecified atom stereocenters. The van der Waals surface area contributed by atoms with E-state index in [0.717, 1.165) is 12.8 Å². The number of rotatable bonds is 4. The molecule has 0 saturated carbocycles. The van der Waals surface area contributed by atoms with E-state index in [4.69, 9.17) is 4.74 Å². The highest BCUT2D eigenvalue weighted by Crippen LogP contribution is 2.22. The lowest BCUT2D eigenvalue weighted by Crippen LogP contribution is -2.43. The third-order valence-corrected chi connectivity index (χ3v) is 4.62. The molecule has 138 valence electrons. The second kappa shape index (κ2) is 7.68. The molecule has 1 fully saturated rings. The SMILES string of the molecule is CCOC(=O)C1CCCN(C(=O)c2cnn(-c3cccc(F)c3)c2C)C1. The molecule has 0 bridgehead atoms. The third kappa shape index (κ3) is 3.61. The van der Waals surface area contributed by atoms with Crippen LogP contribution in [-0.4, -0.2) is 46.3 Å². The Morgan fingerprint density at radius 2 is 2.19 bits per heavy atom. The first-order valence-electron chi connectivity index (χ1n) is 8.77. The van der Waals surface area contributed by atoms with Crippen LogP contribution in [0.5, 0.6) is 0 Å². The molecule has 1 aliphatic rings. The maximum Gasteiger partial charge on any atom is 0.310 e. The molecule has 1 aliphatic heterocycles. The average Bonchev–Trinajstić information content (AvgIpc) is 3.03. The van der Waals surface area contributed by atoms with Crippen LogP contribution < -0.4 is 0 Å². The fraction of sp³-hybridized carbons (Fsp3) is 0.421. The average molecular weight is 359 g/mol. The highest BCUT2D eigenvalue weighted by Gasteiger charge is 2.31. The molecule has 0 N–H and O–H groups in total. The molecular formula is C19H22FN3O3. The van der Waals surface area contributed by atoms with E-state index in [1.807, 2.05) is 0 Å². The fourth-order valence-corrected chi connectivity index (χ4v) is 3.27. The first kappa shape index (κ1) is 18.1. The Bertz CT molecular complexity index is 818. The number of hydrogen-bond acceptors (Lipinski definition) is 4. The minimum atomic E-state index is -0.362. The normalized spacial score (nSPS) is 17.2. The first-order valence-corrected chi connectivity index (χ1v) is 8.77. The molecule has 26 heavy (non-hydrogen) atoms. The number of carbonyl (C=O) groups excluding carboxylic acids is 2. The number of benzene rings is 1. The Labute approximate surface area is 151 Å². The van der Waals surface area contributed by atoms with Gasteiger partial charge in [-0.1, -0.05) is 6.07 Å². The van der Waals surface area contributed by atoms with Crippen molar-refractivity contribution in [1.29, 1.82) is 0 Å². The van der Waals surface area contributed by atoms with Gasteiger partial charge >= 0.3 is 5.97 Å². The summed E-state index contributed by atoms with van der Waals surface area (Å²) < 4.78 is 20.1. The van der Waals surface area contributed by atoms with Gasteiger partial charge in [-0.3, -0.25) is 9.59 Å². The molecule has 1 atom stereocenters. The number of piperidine rings is 1. The molecular weight excluding hydrogens is 337 g/mol. The van der Waals surface area contributed by atoms with E-state index in [-0.39, 0.29) is 23.6 Å². The summed E-state index contributed by atoms with van der Waals surface area (Å²) >= 11 is 0. The second-order valence-electron chi connectivity index (χ2n) is 6.38. The van der Waals surface area contributed by atoms with E-state index in [9.17, 15) is 14.0 Å². The van der Waals surface area contributed by atoms with Gasteiger partial charge in [0.25, 0.3) is 5.91 Å². The largest absolute Gasteiger partial charge is 0.466 e. The lowest BCUT2D eigenvalue weighted by atomic mass is 9.97. The number of nitrogens with zero attached hydrogens (tertiary/aromatic N) is 3. The van der Waals surface area contributed by atoms with Crippen molar-refractivity contribution in [3.05, 3.63) is 47.5 Å². The van der Waals surface area contributed by atoms with Gasteiger partial charge in [-0.05, 0) is 44.9 Å². The third-order valence-electron chi connectivity index (χ3n) is 4.62. The van der Waals surface area contributed by atoms with Crippen LogP contribution in [0.25, 0.3) is 5.69 Å².